The molecule has 0 saturated carbocycles. The second-order valence-electron chi connectivity index (χ2n) is 2.28. The van der Waals surface area contributed by atoms with E-state index >= 15 is 0 Å². The monoisotopic (exact) mass is 142 g/mol. The molecule has 0 aromatic carbocycles. The lowest BCUT2D eigenvalue weighted by Crippen LogP contribution is -2.08. The minimum absolute atomic E-state index is 0.186. The molecule has 1 N–H and O–H groups in total. The minimum atomic E-state index is -0.186. The van der Waals surface area contributed by atoms with Crippen LogP contribution in [0.2, 0.25) is 0 Å². The molecule has 0 aromatic rings. The molecule has 1 atom stereocenters. The first-order chi connectivity index (χ1) is 4.85. The second kappa shape index (κ2) is 6.84. The van der Waals surface area contributed by atoms with Gasteiger partial charge in [-0.2, -0.15) is 0 Å². The average Bonchev–Trinajstić information content (AvgIpc) is 1.98. The zero-order chi connectivity index (χ0) is 7.82. The van der Waals surface area contributed by atoms with Gasteiger partial charge in [0, 0.05) is 6.61 Å². The first kappa shape index (κ1) is 9.72. The van der Waals surface area contributed by atoms with E-state index in [0.717, 1.165) is 12.8 Å². The highest BCUT2D eigenvalue weighted by Gasteiger charge is 2.01. The van der Waals surface area contributed by atoms with Gasteiger partial charge >= 0.3 is 7.69 Å². The van der Waals surface area contributed by atoms with Crippen molar-refractivity contribution in [1.29, 1.82) is 0 Å². The Morgan fingerprint density at radius 1 is 1.80 bits per heavy atom. The van der Waals surface area contributed by atoms with Gasteiger partial charge in [-0.1, -0.05) is 19.4 Å². The summed E-state index contributed by atoms with van der Waals surface area (Å²) in [5.41, 5.74) is 0. The van der Waals surface area contributed by atoms with Crippen molar-refractivity contribution in [3.63, 3.8) is 0 Å². The van der Waals surface area contributed by atoms with Gasteiger partial charge in [-0.05, 0) is 12.3 Å². The van der Waals surface area contributed by atoms with Crippen LogP contribution in [-0.2, 0) is 4.65 Å². The third-order valence-electron chi connectivity index (χ3n) is 1.42. The normalized spacial score (nSPS) is 12.6. The molecule has 0 aliphatic rings. The van der Waals surface area contributed by atoms with Crippen LogP contribution in [0, 0.1) is 5.92 Å². The molecular formula is C7H15BO2. The summed E-state index contributed by atoms with van der Waals surface area (Å²) >= 11 is 0. The Bertz CT molecular complexity index is 85.7. The summed E-state index contributed by atoms with van der Waals surface area (Å²) in [6.45, 7) is 6.38. The molecule has 10 heavy (non-hydrogen) atoms. The highest BCUT2D eigenvalue weighted by atomic mass is 16.5. The van der Waals surface area contributed by atoms with Crippen LogP contribution < -0.4 is 0 Å². The molecule has 0 spiro atoms. The second-order valence-corrected chi connectivity index (χ2v) is 2.28. The van der Waals surface area contributed by atoms with Gasteiger partial charge in [-0.15, -0.1) is 6.58 Å². The Labute approximate surface area is 63.2 Å². The van der Waals surface area contributed by atoms with Crippen molar-refractivity contribution in [3.8, 4) is 0 Å². The molecule has 1 unspecified atom stereocenters. The zero-order valence-corrected chi connectivity index (χ0v) is 6.55. The van der Waals surface area contributed by atoms with Crippen molar-refractivity contribution in [1.82, 2.24) is 0 Å². The lowest BCUT2D eigenvalue weighted by Gasteiger charge is -2.09. The highest BCUT2D eigenvalue weighted by Crippen LogP contribution is 2.06. The van der Waals surface area contributed by atoms with Crippen LogP contribution in [0.4, 0.5) is 0 Å². The van der Waals surface area contributed by atoms with E-state index in [-0.39, 0.29) is 7.69 Å². The molecular weight excluding hydrogens is 127 g/mol. The van der Waals surface area contributed by atoms with Crippen molar-refractivity contribution in [2.24, 2.45) is 5.92 Å². The van der Waals surface area contributed by atoms with Crippen LogP contribution in [0.1, 0.15) is 19.8 Å². The summed E-state index contributed by atoms with van der Waals surface area (Å²) in [7, 11) is -0.186. The predicted octanol–water partition coefficient (Wildman–Crippen LogP) is 0.864. The zero-order valence-electron chi connectivity index (χ0n) is 6.55. The maximum Gasteiger partial charge on any atom is 0.435 e. The van der Waals surface area contributed by atoms with Crippen LogP contribution in [0.15, 0.2) is 12.7 Å². The van der Waals surface area contributed by atoms with E-state index in [1.165, 1.54) is 0 Å². The third-order valence-corrected chi connectivity index (χ3v) is 1.42. The molecule has 0 aliphatic heterocycles. The summed E-state index contributed by atoms with van der Waals surface area (Å²) in [6.07, 6.45) is 4.09. The Morgan fingerprint density at radius 2 is 2.50 bits per heavy atom. The molecule has 0 heterocycles. The first-order valence-corrected chi connectivity index (χ1v) is 3.66. The smallest absolute Gasteiger partial charge is 0.430 e. The molecule has 0 aromatic heterocycles. The third kappa shape index (κ3) is 4.59. The van der Waals surface area contributed by atoms with Crippen LogP contribution >= 0.6 is 0 Å². The van der Waals surface area contributed by atoms with Gasteiger partial charge in [0.05, 0.1) is 0 Å². The predicted molar refractivity (Wildman–Crippen MR) is 43.9 cm³/mol. The van der Waals surface area contributed by atoms with E-state index in [2.05, 4.69) is 13.5 Å². The molecule has 58 valence electrons. The van der Waals surface area contributed by atoms with Gasteiger partial charge in [-0.25, -0.2) is 0 Å². The van der Waals surface area contributed by atoms with E-state index in [0.29, 0.717) is 12.5 Å². The highest BCUT2D eigenvalue weighted by molar-refractivity contribution is 6.15. The topological polar surface area (TPSA) is 29.5 Å². The van der Waals surface area contributed by atoms with E-state index in [1.807, 2.05) is 6.08 Å². The van der Waals surface area contributed by atoms with Crippen LogP contribution in [-0.4, -0.2) is 19.3 Å². The van der Waals surface area contributed by atoms with Gasteiger partial charge in [0.2, 0.25) is 0 Å². The summed E-state index contributed by atoms with van der Waals surface area (Å²) < 4.78 is 4.82. The Morgan fingerprint density at radius 3 is 2.90 bits per heavy atom. The lowest BCUT2D eigenvalue weighted by molar-refractivity contribution is 0.244. The Hall–Kier alpha value is -0.275. The Balaban J connectivity index is 3.29. The number of rotatable bonds is 6. The van der Waals surface area contributed by atoms with E-state index in [1.54, 1.807) is 0 Å². The molecule has 3 heteroatoms. The van der Waals surface area contributed by atoms with E-state index in [9.17, 15) is 0 Å². The molecule has 0 bridgehead atoms. The van der Waals surface area contributed by atoms with Gasteiger partial charge in [-0.3, -0.25) is 0 Å². The van der Waals surface area contributed by atoms with Crippen LogP contribution in [0.5, 0.6) is 0 Å². The molecule has 2 nitrogen and oxygen atoms in total. The van der Waals surface area contributed by atoms with Crippen molar-refractivity contribution < 1.29 is 9.68 Å². The van der Waals surface area contributed by atoms with Crippen molar-refractivity contribution in [2.45, 2.75) is 19.8 Å². The van der Waals surface area contributed by atoms with Crippen molar-refractivity contribution >= 4 is 7.69 Å². The Kier molecular flexibility index (Phi) is 6.65. The summed E-state index contributed by atoms with van der Waals surface area (Å²) in [5, 5.41) is 8.32. The molecule has 0 fully saturated rings. The van der Waals surface area contributed by atoms with Crippen molar-refractivity contribution in [3.05, 3.63) is 12.7 Å². The maximum absolute atomic E-state index is 8.32. The fraction of sp³-hybridized carbons (Fsp3) is 0.714. The fourth-order valence-electron chi connectivity index (χ4n) is 0.844. The molecule has 0 aliphatic carbocycles. The van der Waals surface area contributed by atoms with Crippen molar-refractivity contribution in [2.75, 3.05) is 6.61 Å². The molecule has 0 saturated heterocycles. The molecule has 0 radical (unpaired) electrons. The summed E-state index contributed by atoms with van der Waals surface area (Å²) in [6, 6.07) is 0. The lowest BCUT2D eigenvalue weighted by atomic mass is 10.1. The van der Waals surface area contributed by atoms with Crippen LogP contribution in [0.25, 0.3) is 0 Å². The minimum Gasteiger partial charge on any atom is -0.430 e. The molecule has 0 rings (SSSR count). The first-order valence-electron chi connectivity index (χ1n) is 3.66. The van der Waals surface area contributed by atoms with Gasteiger partial charge in [0.1, 0.15) is 0 Å². The number of hydrogen-bond acceptors (Lipinski definition) is 2. The SMILES string of the molecule is C=CC(CCC)COBO. The van der Waals surface area contributed by atoms with E-state index in [4.69, 9.17) is 9.68 Å². The van der Waals surface area contributed by atoms with Gasteiger partial charge in [0.25, 0.3) is 0 Å². The average molecular weight is 142 g/mol. The largest absolute Gasteiger partial charge is 0.435 e. The summed E-state index contributed by atoms with van der Waals surface area (Å²) in [4.78, 5) is 0. The van der Waals surface area contributed by atoms with Gasteiger partial charge in [0.15, 0.2) is 0 Å². The quantitative estimate of drug-likeness (QED) is 0.440. The summed E-state index contributed by atoms with van der Waals surface area (Å²) in [5.74, 6) is 0.400. The standard InChI is InChI=1S/C7H15BO2/c1-3-5-7(4-2)6-10-8-9/h4,7-9H,2-3,5-6H2,1H3. The maximum atomic E-state index is 8.32. The van der Waals surface area contributed by atoms with E-state index < -0.39 is 0 Å². The molecule has 0 amide bonds. The van der Waals surface area contributed by atoms with Crippen LogP contribution in [0.3, 0.4) is 0 Å². The van der Waals surface area contributed by atoms with Gasteiger partial charge < -0.3 is 9.68 Å². The number of hydrogen-bond donors (Lipinski definition) is 1. The fourth-order valence-corrected chi connectivity index (χ4v) is 0.844.